The van der Waals surface area contributed by atoms with Crippen LogP contribution >= 0.6 is 0 Å². The van der Waals surface area contributed by atoms with E-state index in [2.05, 4.69) is 9.80 Å². The van der Waals surface area contributed by atoms with E-state index in [9.17, 15) is 4.39 Å². The Bertz CT molecular complexity index is 475. The number of hydrogen-bond donors (Lipinski definition) is 1. The molecule has 0 saturated carbocycles. The molecule has 0 radical (unpaired) electrons. The van der Waals surface area contributed by atoms with Crippen LogP contribution in [0.1, 0.15) is 37.8 Å². The van der Waals surface area contributed by atoms with Crippen LogP contribution in [0.15, 0.2) is 18.2 Å². The van der Waals surface area contributed by atoms with E-state index in [1.54, 1.807) is 12.1 Å². The molecule has 0 spiro atoms. The number of anilines is 1. The van der Waals surface area contributed by atoms with Gasteiger partial charge in [-0.3, -0.25) is 4.90 Å². The summed E-state index contributed by atoms with van der Waals surface area (Å²) in [6.07, 6.45) is 3.76. The number of nitrogens with zero attached hydrogens (tertiary/aromatic N) is 2. The van der Waals surface area contributed by atoms with Crippen molar-refractivity contribution >= 4 is 5.69 Å². The van der Waals surface area contributed by atoms with Gasteiger partial charge >= 0.3 is 0 Å². The first-order chi connectivity index (χ1) is 9.65. The van der Waals surface area contributed by atoms with Crippen molar-refractivity contribution in [3.63, 3.8) is 0 Å². The zero-order valence-electron chi connectivity index (χ0n) is 12.2. The van der Waals surface area contributed by atoms with Crippen molar-refractivity contribution in [2.45, 2.75) is 38.3 Å². The Kier molecular flexibility index (Phi) is 3.94. The molecule has 3 rings (SSSR count). The standard InChI is InChI=1S/C16H24FN3/c1-12(18)15-10-13(17)5-6-16(15)20-9-3-8-19-7-2-4-14(19)11-20/h5-6,10,12,14H,2-4,7-9,11,18H2,1H3/t12-,14?/m1/s1. The molecule has 2 aliphatic rings. The van der Waals surface area contributed by atoms with Crippen molar-refractivity contribution in [3.05, 3.63) is 29.6 Å². The van der Waals surface area contributed by atoms with Gasteiger partial charge in [0.1, 0.15) is 5.82 Å². The number of nitrogens with two attached hydrogens (primary N) is 1. The van der Waals surface area contributed by atoms with E-state index >= 15 is 0 Å². The highest BCUT2D eigenvalue weighted by molar-refractivity contribution is 5.55. The second-order valence-corrected chi connectivity index (χ2v) is 6.12. The van der Waals surface area contributed by atoms with E-state index in [0.29, 0.717) is 6.04 Å². The predicted octanol–water partition coefficient (Wildman–Crippen LogP) is 2.52. The summed E-state index contributed by atoms with van der Waals surface area (Å²) in [5.74, 6) is -0.196. The number of benzene rings is 1. The van der Waals surface area contributed by atoms with Crippen LogP contribution in [0, 0.1) is 5.82 Å². The van der Waals surface area contributed by atoms with Gasteiger partial charge in [-0.25, -0.2) is 4.39 Å². The van der Waals surface area contributed by atoms with Crippen LogP contribution in [0.5, 0.6) is 0 Å². The van der Waals surface area contributed by atoms with Crippen LogP contribution in [-0.2, 0) is 0 Å². The largest absolute Gasteiger partial charge is 0.370 e. The van der Waals surface area contributed by atoms with Crippen molar-refractivity contribution in [1.82, 2.24) is 4.90 Å². The number of hydrogen-bond acceptors (Lipinski definition) is 3. The lowest BCUT2D eigenvalue weighted by Gasteiger charge is -2.29. The molecule has 0 aliphatic carbocycles. The Morgan fingerprint density at radius 1 is 1.25 bits per heavy atom. The van der Waals surface area contributed by atoms with Gasteiger partial charge in [0, 0.05) is 37.4 Å². The highest BCUT2D eigenvalue weighted by atomic mass is 19.1. The van der Waals surface area contributed by atoms with Crippen LogP contribution in [0.4, 0.5) is 10.1 Å². The molecule has 20 heavy (non-hydrogen) atoms. The van der Waals surface area contributed by atoms with Gasteiger partial charge in [-0.05, 0) is 56.5 Å². The van der Waals surface area contributed by atoms with Crippen LogP contribution in [0.3, 0.4) is 0 Å². The molecular weight excluding hydrogens is 253 g/mol. The smallest absolute Gasteiger partial charge is 0.123 e. The molecule has 2 saturated heterocycles. The van der Waals surface area contributed by atoms with E-state index in [-0.39, 0.29) is 11.9 Å². The third kappa shape index (κ3) is 2.67. The van der Waals surface area contributed by atoms with Crippen LogP contribution in [0.25, 0.3) is 0 Å². The van der Waals surface area contributed by atoms with Gasteiger partial charge in [-0.2, -0.15) is 0 Å². The van der Waals surface area contributed by atoms with Crippen LogP contribution in [-0.4, -0.2) is 37.1 Å². The zero-order chi connectivity index (χ0) is 14.1. The fraction of sp³-hybridized carbons (Fsp3) is 0.625. The summed E-state index contributed by atoms with van der Waals surface area (Å²) in [6.45, 7) is 6.44. The monoisotopic (exact) mass is 277 g/mol. The topological polar surface area (TPSA) is 32.5 Å². The molecule has 3 nitrogen and oxygen atoms in total. The van der Waals surface area contributed by atoms with Gasteiger partial charge in [0.2, 0.25) is 0 Å². The number of fused-ring (bicyclic) bond motifs is 1. The molecule has 4 heteroatoms. The molecule has 1 aromatic rings. The molecule has 2 N–H and O–H groups in total. The Labute approximate surface area is 120 Å². The number of halogens is 1. The lowest BCUT2D eigenvalue weighted by Crippen LogP contribution is -2.37. The second-order valence-electron chi connectivity index (χ2n) is 6.12. The molecular formula is C16H24FN3. The maximum atomic E-state index is 13.5. The lowest BCUT2D eigenvalue weighted by molar-refractivity contribution is 0.273. The first kappa shape index (κ1) is 13.8. The third-order valence-electron chi connectivity index (χ3n) is 4.62. The van der Waals surface area contributed by atoms with Crippen LogP contribution < -0.4 is 10.6 Å². The van der Waals surface area contributed by atoms with Crippen molar-refractivity contribution in [2.24, 2.45) is 5.73 Å². The highest BCUT2D eigenvalue weighted by Gasteiger charge is 2.29. The van der Waals surface area contributed by atoms with Crippen molar-refractivity contribution in [2.75, 3.05) is 31.1 Å². The average Bonchev–Trinajstić information content (AvgIpc) is 2.76. The summed E-state index contributed by atoms with van der Waals surface area (Å²) in [5, 5.41) is 0. The molecule has 0 bridgehead atoms. The van der Waals surface area contributed by atoms with Crippen LogP contribution in [0.2, 0.25) is 0 Å². The maximum absolute atomic E-state index is 13.5. The molecule has 0 aromatic heterocycles. The quantitative estimate of drug-likeness (QED) is 0.901. The highest BCUT2D eigenvalue weighted by Crippen LogP contribution is 2.30. The minimum absolute atomic E-state index is 0.136. The molecule has 1 aromatic carbocycles. The lowest BCUT2D eigenvalue weighted by atomic mass is 10.0. The Morgan fingerprint density at radius 3 is 2.85 bits per heavy atom. The van der Waals surface area contributed by atoms with E-state index < -0.39 is 0 Å². The molecule has 2 atom stereocenters. The Hall–Kier alpha value is -1.13. The maximum Gasteiger partial charge on any atom is 0.123 e. The Balaban J connectivity index is 1.87. The molecule has 0 amide bonds. The molecule has 2 fully saturated rings. The number of rotatable bonds is 2. The van der Waals surface area contributed by atoms with Crippen molar-refractivity contribution < 1.29 is 4.39 Å². The second kappa shape index (κ2) is 5.70. The summed E-state index contributed by atoms with van der Waals surface area (Å²) in [6, 6.07) is 5.57. The Morgan fingerprint density at radius 2 is 2.05 bits per heavy atom. The first-order valence-electron chi connectivity index (χ1n) is 7.69. The fourth-order valence-corrected chi connectivity index (χ4v) is 3.60. The summed E-state index contributed by atoms with van der Waals surface area (Å²) < 4.78 is 13.5. The van der Waals surface area contributed by atoms with Gasteiger partial charge in [-0.1, -0.05) is 0 Å². The summed E-state index contributed by atoms with van der Waals surface area (Å²) >= 11 is 0. The SMILES string of the molecule is C[C@@H](N)c1cc(F)ccc1N1CCCN2CCCC2C1. The zero-order valence-corrected chi connectivity index (χ0v) is 12.2. The van der Waals surface area contributed by atoms with Gasteiger partial charge < -0.3 is 10.6 Å². The van der Waals surface area contributed by atoms with Gasteiger partial charge in [0.05, 0.1) is 0 Å². The van der Waals surface area contributed by atoms with Crippen molar-refractivity contribution in [3.8, 4) is 0 Å². The van der Waals surface area contributed by atoms with Gasteiger partial charge in [0.15, 0.2) is 0 Å². The normalized spacial score (nSPS) is 25.4. The van der Waals surface area contributed by atoms with Crippen molar-refractivity contribution in [1.29, 1.82) is 0 Å². The minimum atomic E-state index is -0.196. The molecule has 2 heterocycles. The summed E-state index contributed by atoms with van der Waals surface area (Å²) in [5.41, 5.74) is 8.08. The minimum Gasteiger partial charge on any atom is -0.370 e. The van der Waals surface area contributed by atoms with E-state index in [1.165, 1.54) is 32.4 Å². The fourth-order valence-electron chi connectivity index (χ4n) is 3.60. The van der Waals surface area contributed by atoms with Gasteiger partial charge in [-0.15, -0.1) is 0 Å². The molecule has 2 aliphatic heterocycles. The summed E-state index contributed by atoms with van der Waals surface area (Å²) in [7, 11) is 0. The average molecular weight is 277 g/mol. The first-order valence-corrected chi connectivity index (χ1v) is 7.69. The molecule has 110 valence electrons. The summed E-state index contributed by atoms with van der Waals surface area (Å²) in [4.78, 5) is 5.02. The van der Waals surface area contributed by atoms with Gasteiger partial charge in [0.25, 0.3) is 0 Å². The predicted molar refractivity (Wildman–Crippen MR) is 80.4 cm³/mol. The molecule has 1 unspecified atom stereocenters. The van der Waals surface area contributed by atoms with E-state index in [4.69, 9.17) is 5.73 Å². The van der Waals surface area contributed by atoms with E-state index in [0.717, 1.165) is 24.3 Å². The van der Waals surface area contributed by atoms with E-state index in [1.807, 2.05) is 13.0 Å². The third-order valence-corrected chi connectivity index (χ3v) is 4.62.